The Morgan fingerprint density at radius 2 is 1.60 bits per heavy atom. The van der Waals surface area contributed by atoms with Crippen molar-refractivity contribution in [1.29, 1.82) is 0 Å². The number of benzene rings is 2. The number of para-hydroxylation sites is 1. The largest absolute Gasteiger partial charge is 0.320 e. The molecule has 0 aliphatic heterocycles. The smallest absolute Gasteiger partial charge is 0.275 e. The van der Waals surface area contributed by atoms with E-state index in [9.17, 15) is 13.2 Å². The lowest BCUT2D eigenvalue weighted by atomic mass is 9.92. The van der Waals surface area contributed by atoms with Gasteiger partial charge in [-0.2, -0.15) is 0 Å². The zero-order valence-corrected chi connectivity index (χ0v) is 18.8. The number of amides is 1. The maximum absolute atomic E-state index is 13.2. The first-order valence-electron chi connectivity index (χ1n) is 9.56. The van der Waals surface area contributed by atoms with Crippen LogP contribution in [-0.2, 0) is 10.0 Å². The molecule has 0 bridgehead atoms. The summed E-state index contributed by atoms with van der Waals surface area (Å²) in [6, 6.07) is 11.9. The predicted molar refractivity (Wildman–Crippen MR) is 121 cm³/mol. The second kappa shape index (κ2) is 8.34. The molecule has 2 aromatic carbocycles. The average molecular weight is 446 g/mol. The van der Waals surface area contributed by atoms with Crippen molar-refractivity contribution in [3.63, 3.8) is 0 Å². The number of nitrogens with zero attached hydrogens (tertiary/aromatic N) is 1. The van der Waals surface area contributed by atoms with Crippen LogP contribution in [0.3, 0.4) is 0 Å². The van der Waals surface area contributed by atoms with Crippen molar-refractivity contribution >= 4 is 44.1 Å². The second-order valence-corrected chi connectivity index (χ2v) is 9.76. The highest BCUT2D eigenvalue weighted by Gasteiger charge is 2.25. The first-order chi connectivity index (χ1) is 14.0. The van der Waals surface area contributed by atoms with Crippen LogP contribution in [0, 0.1) is 0 Å². The predicted octanol–water partition coefficient (Wildman–Crippen LogP) is 5.03. The van der Waals surface area contributed by atoms with Crippen LogP contribution < -0.4 is 10.5 Å². The Bertz CT molecular complexity index is 1210. The van der Waals surface area contributed by atoms with E-state index in [1.165, 1.54) is 6.07 Å². The third kappa shape index (κ3) is 4.48. The topological polar surface area (TPSA) is 102 Å². The number of sulfonamides is 1. The number of nitrogens with one attached hydrogen (secondary N) is 1. The molecule has 0 radical (unpaired) electrons. The normalized spacial score (nSPS) is 12.0. The van der Waals surface area contributed by atoms with Gasteiger partial charge >= 0.3 is 0 Å². The Morgan fingerprint density at radius 3 is 2.13 bits per heavy atom. The van der Waals surface area contributed by atoms with Gasteiger partial charge in [0.1, 0.15) is 10.6 Å². The number of pyridine rings is 1. The summed E-state index contributed by atoms with van der Waals surface area (Å²) in [6.07, 6.45) is 0. The van der Waals surface area contributed by atoms with E-state index in [4.69, 9.17) is 16.7 Å². The molecule has 158 valence electrons. The summed E-state index contributed by atoms with van der Waals surface area (Å²) in [4.78, 5) is 17.2. The maximum atomic E-state index is 13.2. The van der Waals surface area contributed by atoms with Gasteiger partial charge in [0.15, 0.2) is 0 Å². The van der Waals surface area contributed by atoms with Crippen LogP contribution >= 0.6 is 11.6 Å². The van der Waals surface area contributed by atoms with Crippen molar-refractivity contribution in [1.82, 2.24) is 4.98 Å². The van der Waals surface area contributed by atoms with E-state index in [0.29, 0.717) is 21.6 Å². The Kier molecular flexibility index (Phi) is 6.17. The fourth-order valence-corrected chi connectivity index (χ4v) is 4.29. The van der Waals surface area contributed by atoms with Gasteiger partial charge in [0.2, 0.25) is 10.0 Å². The molecule has 8 heteroatoms. The fraction of sp³-hybridized carbons (Fsp3) is 0.273. The molecule has 1 amide bonds. The molecular formula is C22H24ClN3O3S. The zero-order valence-electron chi connectivity index (χ0n) is 17.2. The Labute approximate surface area is 181 Å². The number of nitrogens with two attached hydrogens (primary N) is 1. The van der Waals surface area contributed by atoms with Gasteiger partial charge in [0.05, 0.1) is 5.52 Å². The van der Waals surface area contributed by atoms with E-state index < -0.39 is 15.9 Å². The van der Waals surface area contributed by atoms with E-state index in [0.717, 1.165) is 11.1 Å². The van der Waals surface area contributed by atoms with Gasteiger partial charge in [-0.05, 0) is 47.2 Å². The summed E-state index contributed by atoms with van der Waals surface area (Å²) in [7, 11) is -4.17. The first kappa shape index (κ1) is 22.2. The number of halogens is 1. The molecule has 0 aliphatic rings. The molecule has 3 N–H and O–H groups in total. The minimum absolute atomic E-state index is 0.0822. The molecule has 0 aliphatic carbocycles. The Balaban J connectivity index is 2.19. The number of aromatic nitrogens is 1. The minimum Gasteiger partial charge on any atom is -0.320 e. The lowest BCUT2D eigenvalue weighted by molar-refractivity contribution is 0.101. The van der Waals surface area contributed by atoms with E-state index in [1.807, 2.05) is 39.8 Å². The van der Waals surface area contributed by atoms with Gasteiger partial charge in [-0.3, -0.25) is 4.79 Å². The van der Waals surface area contributed by atoms with Crippen LogP contribution in [0.25, 0.3) is 10.9 Å². The lowest BCUT2D eigenvalue weighted by Crippen LogP contribution is -2.23. The van der Waals surface area contributed by atoms with Crippen molar-refractivity contribution in [2.45, 2.75) is 44.4 Å². The number of carbonyl (C=O) groups excluding carboxylic acids is 1. The third-order valence-electron chi connectivity index (χ3n) is 4.86. The molecule has 0 saturated heterocycles. The van der Waals surface area contributed by atoms with E-state index in [1.54, 1.807) is 24.3 Å². The molecule has 30 heavy (non-hydrogen) atoms. The quantitative estimate of drug-likeness (QED) is 0.574. The Hall–Kier alpha value is -2.48. The number of hydrogen-bond donors (Lipinski definition) is 2. The zero-order chi connectivity index (χ0) is 22.2. The maximum Gasteiger partial charge on any atom is 0.275 e. The molecule has 0 fully saturated rings. The van der Waals surface area contributed by atoms with Crippen molar-refractivity contribution in [2.75, 3.05) is 5.32 Å². The molecule has 3 rings (SSSR count). The van der Waals surface area contributed by atoms with Crippen LogP contribution in [-0.4, -0.2) is 19.3 Å². The van der Waals surface area contributed by atoms with Gasteiger partial charge in [-0.15, -0.1) is 0 Å². The molecule has 0 saturated carbocycles. The molecule has 6 nitrogen and oxygen atoms in total. The second-order valence-electron chi connectivity index (χ2n) is 7.80. The summed E-state index contributed by atoms with van der Waals surface area (Å²) >= 11 is 6.29. The SMILES string of the molecule is CC(C)c1cc(Cl)cc(C(C)C)c1NC(=O)c1nc2ccccc2cc1S(N)(=O)=O. The highest BCUT2D eigenvalue weighted by atomic mass is 35.5. The summed E-state index contributed by atoms with van der Waals surface area (Å²) < 4.78 is 24.4. The average Bonchev–Trinajstić information content (AvgIpc) is 2.66. The van der Waals surface area contributed by atoms with E-state index in [-0.39, 0.29) is 22.4 Å². The van der Waals surface area contributed by atoms with E-state index in [2.05, 4.69) is 10.3 Å². The van der Waals surface area contributed by atoms with Crippen molar-refractivity contribution < 1.29 is 13.2 Å². The number of anilines is 1. The lowest BCUT2D eigenvalue weighted by Gasteiger charge is -2.21. The number of primary sulfonamides is 1. The van der Waals surface area contributed by atoms with Crippen LogP contribution in [0.1, 0.15) is 61.1 Å². The Morgan fingerprint density at radius 1 is 1.03 bits per heavy atom. The molecule has 1 heterocycles. The number of rotatable bonds is 5. The summed E-state index contributed by atoms with van der Waals surface area (Å²) in [6.45, 7) is 7.98. The summed E-state index contributed by atoms with van der Waals surface area (Å²) in [5.41, 5.74) is 2.59. The monoisotopic (exact) mass is 445 g/mol. The molecule has 0 atom stereocenters. The molecule has 3 aromatic rings. The van der Waals surface area contributed by atoms with Crippen molar-refractivity contribution in [3.8, 4) is 0 Å². The first-order valence-corrected chi connectivity index (χ1v) is 11.5. The molecular weight excluding hydrogens is 422 g/mol. The highest BCUT2D eigenvalue weighted by Crippen LogP contribution is 2.36. The number of hydrogen-bond acceptors (Lipinski definition) is 4. The van der Waals surface area contributed by atoms with Crippen LogP contribution in [0.5, 0.6) is 0 Å². The van der Waals surface area contributed by atoms with Gasteiger partial charge in [-0.1, -0.05) is 57.5 Å². The molecule has 0 spiro atoms. The highest BCUT2D eigenvalue weighted by molar-refractivity contribution is 7.89. The van der Waals surface area contributed by atoms with Crippen LogP contribution in [0.2, 0.25) is 5.02 Å². The van der Waals surface area contributed by atoms with Gasteiger partial charge in [-0.25, -0.2) is 18.5 Å². The van der Waals surface area contributed by atoms with Crippen LogP contribution in [0.4, 0.5) is 5.69 Å². The van der Waals surface area contributed by atoms with E-state index >= 15 is 0 Å². The van der Waals surface area contributed by atoms with Gasteiger partial charge in [0.25, 0.3) is 5.91 Å². The standard InChI is InChI=1S/C22H24ClN3O3S/c1-12(2)16-10-15(23)11-17(13(3)4)20(16)26-22(27)21-19(30(24,28)29)9-14-7-5-6-8-18(14)25-21/h5-13H,1-4H3,(H,26,27)(H2,24,28,29). The van der Waals surface area contributed by atoms with Gasteiger partial charge in [0, 0.05) is 16.1 Å². The van der Waals surface area contributed by atoms with Crippen LogP contribution in [0.15, 0.2) is 47.4 Å². The number of carbonyl (C=O) groups is 1. The summed E-state index contributed by atoms with van der Waals surface area (Å²) in [5, 5.41) is 9.43. The van der Waals surface area contributed by atoms with Gasteiger partial charge < -0.3 is 5.32 Å². The van der Waals surface area contributed by atoms with Crippen molar-refractivity contribution in [2.24, 2.45) is 5.14 Å². The fourth-order valence-electron chi connectivity index (χ4n) is 3.35. The van der Waals surface area contributed by atoms with Crippen molar-refractivity contribution in [3.05, 3.63) is 64.3 Å². The minimum atomic E-state index is -4.17. The molecule has 1 aromatic heterocycles. The molecule has 0 unspecified atom stereocenters. The number of fused-ring (bicyclic) bond motifs is 1. The summed E-state index contributed by atoms with van der Waals surface area (Å²) in [5.74, 6) is -0.478. The third-order valence-corrected chi connectivity index (χ3v) is 6.00.